The van der Waals surface area contributed by atoms with Gasteiger partial charge >= 0.3 is 0 Å². The molecule has 0 fully saturated rings. The molecule has 0 aliphatic carbocycles. The van der Waals surface area contributed by atoms with Crippen LogP contribution in [0.15, 0.2) is 45.3 Å². The van der Waals surface area contributed by atoms with Crippen molar-refractivity contribution < 1.29 is 19.1 Å². The number of rotatable bonds is 17. The van der Waals surface area contributed by atoms with E-state index in [2.05, 4.69) is 56.3 Å². The van der Waals surface area contributed by atoms with Gasteiger partial charge in [0.25, 0.3) is 11.8 Å². The molecule has 2 aromatic rings. The number of unbranched alkanes of at least 4 members (excludes halogenated alkanes) is 5. The van der Waals surface area contributed by atoms with E-state index < -0.39 is 0 Å². The Morgan fingerprint density at radius 3 is 1.47 bits per heavy atom. The van der Waals surface area contributed by atoms with Crippen LogP contribution in [0.25, 0.3) is 0 Å². The normalized spacial score (nSPS) is 10.7. The molecule has 36 heavy (non-hydrogen) atoms. The van der Waals surface area contributed by atoms with E-state index in [4.69, 9.17) is 9.47 Å². The van der Waals surface area contributed by atoms with Crippen LogP contribution in [0.1, 0.15) is 85.9 Å². The van der Waals surface area contributed by atoms with Crippen LogP contribution in [-0.4, -0.2) is 38.1 Å². The van der Waals surface area contributed by atoms with Crippen LogP contribution < -0.4 is 20.1 Å². The summed E-state index contributed by atoms with van der Waals surface area (Å²) in [6.45, 7) is 6.61. The van der Waals surface area contributed by atoms with Crippen molar-refractivity contribution in [1.29, 1.82) is 0 Å². The third kappa shape index (κ3) is 10.9. The molecular weight excluding hydrogens is 588 g/mol. The number of carbonyl (C=O) groups is 2. The van der Waals surface area contributed by atoms with E-state index in [0.717, 1.165) is 60.3 Å². The first-order valence-corrected chi connectivity index (χ1v) is 14.5. The van der Waals surface area contributed by atoms with Gasteiger partial charge in [0.2, 0.25) is 0 Å². The van der Waals surface area contributed by atoms with Crippen LogP contribution in [0.2, 0.25) is 0 Å². The summed E-state index contributed by atoms with van der Waals surface area (Å²) in [4.78, 5) is 25.3. The zero-order valence-corrected chi connectivity index (χ0v) is 24.5. The van der Waals surface area contributed by atoms with Crippen LogP contribution in [-0.2, 0) is 0 Å². The number of ether oxygens (including phenoxy) is 2. The van der Waals surface area contributed by atoms with Crippen LogP contribution in [0.4, 0.5) is 0 Å². The van der Waals surface area contributed by atoms with E-state index in [1.54, 1.807) is 12.1 Å². The molecular formula is C28H38Br2N2O4. The maximum Gasteiger partial charge on any atom is 0.255 e. The lowest BCUT2D eigenvalue weighted by molar-refractivity contribution is 0.0938. The lowest BCUT2D eigenvalue weighted by Crippen LogP contribution is -2.26. The summed E-state index contributed by atoms with van der Waals surface area (Å²) in [5.41, 5.74) is 1.10. The highest BCUT2D eigenvalue weighted by Gasteiger charge is 2.14. The summed E-state index contributed by atoms with van der Waals surface area (Å²) in [5, 5.41) is 5.98. The fourth-order valence-corrected chi connectivity index (χ4v) is 4.18. The minimum atomic E-state index is -0.124. The van der Waals surface area contributed by atoms with E-state index in [-0.39, 0.29) is 11.8 Å². The number of halogens is 2. The average molecular weight is 626 g/mol. The van der Waals surface area contributed by atoms with Crippen molar-refractivity contribution in [3.8, 4) is 11.5 Å². The number of hydrogen-bond acceptors (Lipinski definition) is 4. The summed E-state index contributed by atoms with van der Waals surface area (Å²) in [6, 6.07) is 11.0. The quantitative estimate of drug-likeness (QED) is 0.181. The number of hydrogen-bond donors (Lipinski definition) is 2. The third-order valence-electron chi connectivity index (χ3n) is 5.56. The Morgan fingerprint density at radius 2 is 1.08 bits per heavy atom. The topological polar surface area (TPSA) is 76.7 Å². The average Bonchev–Trinajstić information content (AvgIpc) is 2.87. The first-order chi connectivity index (χ1) is 17.5. The van der Waals surface area contributed by atoms with Crippen molar-refractivity contribution in [2.45, 2.75) is 65.2 Å². The largest absolute Gasteiger partial charge is 0.493 e. The third-order valence-corrected chi connectivity index (χ3v) is 6.54. The lowest BCUT2D eigenvalue weighted by atomic mass is 10.1. The molecule has 8 heteroatoms. The van der Waals surface area contributed by atoms with Crippen molar-refractivity contribution in [3.63, 3.8) is 0 Å². The molecule has 0 unspecified atom stereocenters. The standard InChI is InChI=1S/C28H38Br2N2O4/c1-3-5-17-35-25-13-11-21(29)19-23(25)27(33)31-15-9-7-8-10-16-32-28(34)24-20-22(30)12-14-26(24)36-18-6-4-2/h11-14,19-20H,3-10,15-18H2,1-2H3,(H,31,33)(H,32,34). The molecule has 0 heterocycles. The molecule has 0 aliphatic heterocycles. The molecule has 0 radical (unpaired) electrons. The van der Waals surface area contributed by atoms with Crippen molar-refractivity contribution >= 4 is 43.7 Å². The maximum atomic E-state index is 12.7. The highest BCUT2D eigenvalue weighted by molar-refractivity contribution is 9.10. The Labute approximate surface area is 232 Å². The Kier molecular flexibility index (Phi) is 14.6. The van der Waals surface area contributed by atoms with Crippen LogP contribution in [0.5, 0.6) is 11.5 Å². The van der Waals surface area contributed by atoms with Gasteiger partial charge in [0.1, 0.15) is 11.5 Å². The van der Waals surface area contributed by atoms with Gasteiger partial charge in [-0.25, -0.2) is 0 Å². The van der Waals surface area contributed by atoms with E-state index in [9.17, 15) is 9.59 Å². The minimum absolute atomic E-state index is 0.124. The van der Waals surface area contributed by atoms with Crippen molar-refractivity contribution in [1.82, 2.24) is 10.6 Å². The van der Waals surface area contributed by atoms with Gasteiger partial charge < -0.3 is 20.1 Å². The molecule has 2 amide bonds. The SMILES string of the molecule is CCCCOc1ccc(Br)cc1C(=O)NCCCCCCNC(=O)c1cc(Br)ccc1OCCCC. The molecule has 2 aromatic carbocycles. The number of nitrogens with one attached hydrogen (secondary N) is 2. The van der Waals surface area contributed by atoms with Gasteiger partial charge in [0.15, 0.2) is 0 Å². The predicted octanol–water partition coefficient (Wildman–Crippen LogP) is 7.29. The Hall–Kier alpha value is -2.06. The Morgan fingerprint density at radius 1 is 0.667 bits per heavy atom. The summed E-state index contributed by atoms with van der Waals surface area (Å²) in [6.07, 6.45) is 7.68. The van der Waals surface area contributed by atoms with E-state index in [1.165, 1.54) is 0 Å². The lowest BCUT2D eigenvalue weighted by Gasteiger charge is -2.13. The molecule has 0 saturated heterocycles. The molecule has 6 nitrogen and oxygen atoms in total. The molecule has 0 bridgehead atoms. The van der Waals surface area contributed by atoms with E-state index >= 15 is 0 Å². The molecule has 2 rings (SSSR count). The maximum absolute atomic E-state index is 12.7. The van der Waals surface area contributed by atoms with Gasteiger partial charge in [-0.2, -0.15) is 0 Å². The number of benzene rings is 2. The summed E-state index contributed by atoms with van der Waals surface area (Å²) < 4.78 is 13.3. The van der Waals surface area contributed by atoms with Gasteiger partial charge in [0.05, 0.1) is 24.3 Å². The summed E-state index contributed by atoms with van der Waals surface area (Å²) >= 11 is 6.87. The van der Waals surface area contributed by atoms with Gasteiger partial charge in [-0.3, -0.25) is 9.59 Å². The molecule has 0 saturated carbocycles. The van der Waals surface area contributed by atoms with Crippen molar-refractivity contribution in [3.05, 3.63) is 56.5 Å². The van der Waals surface area contributed by atoms with Gasteiger partial charge in [-0.15, -0.1) is 0 Å². The monoisotopic (exact) mass is 624 g/mol. The highest BCUT2D eigenvalue weighted by atomic mass is 79.9. The molecule has 0 spiro atoms. The van der Waals surface area contributed by atoms with Crippen molar-refractivity contribution in [2.75, 3.05) is 26.3 Å². The zero-order chi connectivity index (χ0) is 26.2. The summed E-state index contributed by atoms with van der Waals surface area (Å²) in [5.74, 6) is 0.982. The predicted molar refractivity (Wildman–Crippen MR) is 152 cm³/mol. The van der Waals surface area contributed by atoms with E-state index in [0.29, 0.717) is 48.9 Å². The minimum Gasteiger partial charge on any atom is -0.493 e. The van der Waals surface area contributed by atoms with Crippen molar-refractivity contribution in [2.24, 2.45) is 0 Å². The number of amides is 2. The van der Waals surface area contributed by atoms with Crippen LogP contribution >= 0.6 is 31.9 Å². The molecule has 198 valence electrons. The van der Waals surface area contributed by atoms with Gasteiger partial charge in [-0.1, -0.05) is 71.4 Å². The Bertz CT molecular complexity index is 891. The second-order valence-corrected chi connectivity index (χ2v) is 10.4. The first-order valence-electron chi connectivity index (χ1n) is 12.9. The Balaban J connectivity index is 1.68. The molecule has 0 aromatic heterocycles. The second kappa shape index (κ2) is 17.4. The molecule has 0 aliphatic rings. The van der Waals surface area contributed by atoms with Gasteiger partial charge in [-0.05, 0) is 62.1 Å². The fraction of sp³-hybridized carbons (Fsp3) is 0.500. The fourth-order valence-electron chi connectivity index (χ4n) is 3.46. The molecule has 2 N–H and O–H groups in total. The highest BCUT2D eigenvalue weighted by Crippen LogP contribution is 2.24. The zero-order valence-electron chi connectivity index (χ0n) is 21.3. The smallest absolute Gasteiger partial charge is 0.255 e. The summed E-state index contributed by atoms with van der Waals surface area (Å²) in [7, 11) is 0. The second-order valence-electron chi connectivity index (χ2n) is 8.61. The molecule has 0 atom stereocenters. The first kappa shape index (κ1) is 30.2. The van der Waals surface area contributed by atoms with Crippen LogP contribution in [0.3, 0.4) is 0 Å². The van der Waals surface area contributed by atoms with Gasteiger partial charge in [0, 0.05) is 22.0 Å². The van der Waals surface area contributed by atoms with Crippen LogP contribution in [0, 0.1) is 0 Å². The number of carbonyl (C=O) groups excluding carboxylic acids is 2. The van der Waals surface area contributed by atoms with E-state index in [1.807, 2.05) is 24.3 Å².